The molecule has 0 bridgehead atoms. The number of halogens is 4. The lowest BCUT2D eigenvalue weighted by Crippen LogP contribution is -2.50. The molecule has 1 N–H and O–H groups in total. The zero-order chi connectivity index (χ0) is 23.4. The highest BCUT2D eigenvalue weighted by molar-refractivity contribution is 5.89. The number of aromatic nitrogens is 2. The monoisotopic (exact) mass is 461 g/mol. The molecule has 0 saturated carbocycles. The molecule has 1 fully saturated rings. The molecule has 0 aliphatic carbocycles. The summed E-state index contributed by atoms with van der Waals surface area (Å²) in [7, 11) is 0. The Hall–Kier alpha value is -3.89. The summed E-state index contributed by atoms with van der Waals surface area (Å²) < 4.78 is 56.5. The molecule has 0 spiro atoms. The molecule has 1 saturated heterocycles. The van der Waals surface area contributed by atoms with Gasteiger partial charge in [0.1, 0.15) is 17.4 Å². The van der Waals surface area contributed by atoms with Crippen LogP contribution in [0.15, 0.2) is 60.9 Å². The minimum Gasteiger partial charge on any atom is -0.439 e. The second-order valence-electron chi connectivity index (χ2n) is 7.25. The molecule has 1 aliphatic heterocycles. The number of amides is 2. The van der Waals surface area contributed by atoms with Crippen LogP contribution in [-0.2, 0) is 6.18 Å². The Morgan fingerprint density at radius 1 is 0.909 bits per heavy atom. The molecule has 7 nitrogen and oxygen atoms in total. The van der Waals surface area contributed by atoms with Gasteiger partial charge >= 0.3 is 12.2 Å². The first-order valence-electron chi connectivity index (χ1n) is 10.0. The topological polar surface area (TPSA) is 70.6 Å². The van der Waals surface area contributed by atoms with E-state index in [0.29, 0.717) is 43.4 Å². The molecular weight excluding hydrogens is 442 g/mol. The van der Waals surface area contributed by atoms with E-state index >= 15 is 0 Å². The number of carbonyl (C=O) groups is 1. The molecule has 2 aromatic heterocycles. The number of rotatable bonds is 4. The van der Waals surface area contributed by atoms with Crippen molar-refractivity contribution in [3.05, 3.63) is 72.3 Å². The molecule has 0 radical (unpaired) electrons. The van der Waals surface area contributed by atoms with E-state index in [1.165, 1.54) is 36.5 Å². The summed E-state index contributed by atoms with van der Waals surface area (Å²) >= 11 is 0. The highest BCUT2D eigenvalue weighted by Crippen LogP contribution is 2.29. The standard InChI is InChI=1S/C22H19F4N5O2/c23-16-2-5-18(6-3-16)33-20-8-4-17(14-28-20)29-21(32)31-11-9-30(10-12-31)19-7-1-15(13-27-19)22(24,25)26/h1-8,13-14H,9-12H2,(H,29,32). The van der Waals surface area contributed by atoms with E-state index in [9.17, 15) is 22.4 Å². The van der Waals surface area contributed by atoms with Crippen LogP contribution in [0.25, 0.3) is 0 Å². The van der Waals surface area contributed by atoms with Gasteiger partial charge in [0.25, 0.3) is 0 Å². The summed E-state index contributed by atoms with van der Waals surface area (Å²) in [5, 5.41) is 2.75. The maximum absolute atomic E-state index is 13.0. The Labute approximate surface area is 186 Å². The highest BCUT2D eigenvalue weighted by Gasteiger charge is 2.31. The number of alkyl halides is 3. The van der Waals surface area contributed by atoms with Gasteiger partial charge in [-0.1, -0.05) is 0 Å². The van der Waals surface area contributed by atoms with Crippen molar-refractivity contribution in [1.82, 2.24) is 14.9 Å². The van der Waals surface area contributed by atoms with Gasteiger partial charge in [0, 0.05) is 38.4 Å². The van der Waals surface area contributed by atoms with Crippen LogP contribution in [0, 0.1) is 5.82 Å². The Morgan fingerprint density at radius 2 is 1.64 bits per heavy atom. The number of benzene rings is 1. The fourth-order valence-electron chi connectivity index (χ4n) is 3.22. The predicted octanol–water partition coefficient (Wildman–Crippen LogP) is 4.78. The van der Waals surface area contributed by atoms with Crippen LogP contribution >= 0.6 is 0 Å². The summed E-state index contributed by atoms with van der Waals surface area (Å²) in [6.45, 7) is 1.64. The van der Waals surface area contributed by atoms with Gasteiger partial charge in [0.15, 0.2) is 0 Å². The Kier molecular flexibility index (Phi) is 6.29. The van der Waals surface area contributed by atoms with Gasteiger partial charge < -0.3 is 19.9 Å². The van der Waals surface area contributed by atoms with Crippen LogP contribution in [0.1, 0.15) is 5.56 Å². The summed E-state index contributed by atoms with van der Waals surface area (Å²) in [6, 6.07) is 10.7. The van der Waals surface area contributed by atoms with Crippen LogP contribution in [0.4, 0.5) is 33.9 Å². The van der Waals surface area contributed by atoms with E-state index in [4.69, 9.17) is 4.74 Å². The smallest absolute Gasteiger partial charge is 0.417 e. The number of anilines is 2. The molecular formula is C22H19F4N5O2. The first-order valence-corrected chi connectivity index (χ1v) is 10.0. The second kappa shape index (κ2) is 9.31. The van der Waals surface area contributed by atoms with Crippen molar-refractivity contribution in [2.75, 3.05) is 36.4 Å². The van der Waals surface area contributed by atoms with Crippen LogP contribution in [0.5, 0.6) is 11.6 Å². The molecule has 2 amide bonds. The first-order chi connectivity index (χ1) is 15.8. The summed E-state index contributed by atoms with van der Waals surface area (Å²) in [4.78, 5) is 24.0. The van der Waals surface area contributed by atoms with Crippen LogP contribution in [0.3, 0.4) is 0 Å². The summed E-state index contributed by atoms with van der Waals surface area (Å²) in [6.07, 6.45) is -2.17. The Bertz CT molecular complexity index is 1080. The number of carbonyl (C=O) groups excluding carboxylic acids is 1. The molecule has 3 heterocycles. The van der Waals surface area contributed by atoms with E-state index in [2.05, 4.69) is 15.3 Å². The van der Waals surface area contributed by atoms with Crippen molar-refractivity contribution < 1.29 is 27.1 Å². The van der Waals surface area contributed by atoms with E-state index in [1.54, 1.807) is 17.0 Å². The highest BCUT2D eigenvalue weighted by atomic mass is 19.4. The van der Waals surface area contributed by atoms with Gasteiger partial charge in [-0.2, -0.15) is 13.2 Å². The first kappa shape index (κ1) is 22.3. The average Bonchev–Trinajstić information content (AvgIpc) is 2.81. The maximum atomic E-state index is 13.0. The number of ether oxygens (including phenoxy) is 1. The quantitative estimate of drug-likeness (QED) is 0.567. The predicted molar refractivity (Wildman–Crippen MR) is 113 cm³/mol. The van der Waals surface area contributed by atoms with Crippen LogP contribution in [0.2, 0.25) is 0 Å². The molecule has 1 aliphatic rings. The lowest BCUT2D eigenvalue weighted by atomic mass is 10.2. The van der Waals surface area contributed by atoms with Gasteiger partial charge in [-0.3, -0.25) is 0 Å². The molecule has 0 unspecified atom stereocenters. The fourth-order valence-corrected chi connectivity index (χ4v) is 3.22. The van der Waals surface area contributed by atoms with Gasteiger partial charge in [0.05, 0.1) is 17.4 Å². The number of nitrogens with one attached hydrogen (secondary N) is 1. The molecule has 172 valence electrons. The molecule has 33 heavy (non-hydrogen) atoms. The molecule has 1 aromatic carbocycles. The zero-order valence-corrected chi connectivity index (χ0v) is 17.2. The van der Waals surface area contributed by atoms with Crippen LogP contribution < -0.4 is 15.0 Å². The third kappa shape index (κ3) is 5.68. The minimum atomic E-state index is -4.43. The van der Waals surface area contributed by atoms with Crippen LogP contribution in [-0.4, -0.2) is 47.1 Å². The number of piperazine rings is 1. The van der Waals surface area contributed by atoms with E-state index in [1.807, 2.05) is 4.90 Å². The Morgan fingerprint density at radius 3 is 2.21 bits per heavy atom. The molecule has 4 rings (SSSR count). The second-order valence-corrected chi connectivity index (χ2v) is 7.25. The van der Waals surface area contributed by atoms with E-state index in [0.717, 1.165) is 12.3 Å². The maximum Gasteiger partial charge on any atom is 0.417 e. The van der Waals surface area contributed by atoms with Crippen molar-refractivity contribution >= 4 is 17.5 Å². The van der Waals surface area contributed by atoms with Gasteiger partial charge in [-0.15, -0.1) is 0 Å². The average molecular weight is 461 g/mol. The Balaban J connectivity index is 1.28. The van der Waals surface area contributed by atoms with Gasteiger partial charge in [-0.05, 0) is 42.5 Å². The molecule has 3 aromatic rings. The number of nitrogens with zero attached hydrogens (tertiary/aromatic N) is 4. The van der Waals surface area contributed by atoms with Gasteiger partial charge in [0.2, 0.25) is 5.88 Å². The zero-order valence-electron chi connectivity index (χ0n) is 17.2. The largest absolute Gasteiger partial charge is 0.439 e. The third-order valence-electron chi connectivity index (χ3n) is 4.99. The number of pyridine rings is 2. The normalized spacial score (nSPS) is 14.2. The van der Waals surface area contributed by atoms with Crippen molar-refractivity contribution in [3.63, 3.8) is 0 Å². The number of hydrogen-bond acceptors (Lipinski definition) is 5. The molecule has 0 atom stereocenters. The number of hydrogen-bond donors (Lipinski definition) is 1. The van der Waals surface area contributed by atoms with Gasteiger partial charge in [-0.25, -0.2) is 19.2 Å². The SMILES string of the molecule is O=C(Nc1ccc(Oc2ccc(F)cc2)nc1)N1CCN(c2ccc(C(F)(F)F)cn2)CC1. The van der Waals surface area contributed by atoms with Crippen molar-refractivity contribution in [2.24, 2.45) is 0 Å². The van der Waals surface area contributed by atoms with E-state index in [-0.39, 0.29) is 17.7 Å². The lowest BCUT2D eigenvalue weighted by Gasteiger charge is -2.35. The molecule has 11 heteroatoms. The minimum absolute atomic E-state index is 0.289. The van der Waals surface area contributed by atoms with E-state index < -0.39 is 11.7 Å². The number of urea groups is 1. The third-order valence-corrected chi connectivity index (χ3v) is 4.99. The summed E-state index contributed by atoms with van der Waals surface area (Å²) in [5.74, 6) is 0.784. The fraction of sp³-hybridized carbons (Fsp3) is 0.227. The van der Waals surface area contributed by atoms with Crippen molar-refractivity contribution in [3.8, 4) is 11.6 Å². The van der Waals surface area contributed by atoms with Crippen molar-refractivity contribution in [1.29, 1.82) is 0 Å². The van der Waals surface area contributed by atoms with Crippen molar-refractivity contribution in [2.45, 2.75) is 6.18 Å². The summed E-state index contributed by atoms with van der Waals surface area (Å²) in [5.41, 5.74) is -0.328. The lowest BCUT2D eigenvalue weighted by molar-refractivity contribution is -0.137.